The molecule has 0 N–H and O–H groups in total. The van der Waals surface area contributed by atoms with Crippen LogP contribution in [0.4, 0.5) is 4.79 Å². The Kier molecular flexibility index (Phi) is 8.15. The van der Waals surface area contributed by atoms with Crippen molar-refractivity contribution >= 4 is 6.03 Å². The SMILES string of the molecule is CCCCN(C)C(=O)N(CCC)CCC. The number of amides is 2. The summed E-state index contributed by atoms with van der Waals surface area (Å²) in [5.41, 5.74) is 0. The van der Waals surface area contributed by atoms with Gasteiger partial charge in [-0.2, -0.15) is 0 Å². The van der Waals surface area contributed by atoms with Gasteiger partial charge in [0.25, 0.3) is 0 Å². The monoisotopic (exact) mass is 214 g/mol. The average molecular weight is 214 g/mol. The predicted octanol–water partition coefficient (Wildman–Crippen LogP) is 2.96. The van der Waals surface area contributed by atoms with Crippen molar-refractivity contribution in [2.75, 3.05) is 26.7 Å². The van der Waals surface area contributed by atoms with E-state index in [-0.39, 0.29) is 6.03 Å². The lowest BCUT2D eigenvalue weighted by molar-refractivity contribution is 0.162. The molecule has 0 heterocycles. The van der Waals surface area contributed by atoms with Gasteiger partial charge in [-0.15, -0.1) is 0 Å². The number of rotatable bonds is 7. The third-order valence-electron chi connectivity index (χ3n) is 2.43. The minimum Gasteiger partial charge on any atom is -0.328 e. The Bertz CT molecular complexity index is 165. The summed E-state index contributed by atoms with van der Waals surface area (Å²) in [5, 5.41) is 0. The lowest BCUT2D eigenvalue weighted by Gasteiger charge is -2.27. The quantitative estimate of drug-likeness (QED) is 0.639. The van der Waals surface area contributed by atoms with Crippen LogP contribution in [-0.2, 0) is 0 Å². The second-order valence-electron chi connectivity index (χ2n) is 4.04. The molecular formula is C12H26N2O. The Morgan fingerprint density at radius 2 is 1.47 bits per heavy atom. The smallest absolute Gasteiger partial charge is 0.319 e. The summed E-state index contributed by atoms with van der Waals surface area (Å²) in [5.74, 6) is 0. The fourth-order valence-corrected chi connectivity index (χ4v) is 1.58. The minimum atomic E-state index is 0.187. The van der Waals surface area contributed by atoms with Crippen LogP contribution in [0.1, 0.15) is 46.5 Å². The summed E-state index contributed by atoms with van der Waals surface area (Å²) in [6.07, 6.45) is 4.30. The second-order valence-corrected chi connectivity index (χ2v) is 4.04. The number of hydrogen-bond acceptors (Lipinski definition) is 1. The van der Waals surface area contributed by atoms with Crippen molar-refractivity contribution in [3.05, 3.63) is 0 Å². The van der Waals surface area contributed by atoms with Crippen LogP contribution >= 0.6 is 0 Å². The van der Waals surface area contributed by atoms with Crippen molar-refractivity contribution in [3.63, 3.8) is 0 Å². The maximum absolute atomic E-state index is 12.0. The van der Waals surface area contributed by atoms with Crippen LogP contribution in [0.25, 0.3) is 0 Å². The lowest BCUT2D eigenvalue weighted by atomic mass is 10.3. The molecule has 3 nitrogen and oxygen atoms in total. The van der Waals surface area contributed by atoms with Gasteiger partial charge in [0, 0.05) is 26.7 Å². The molecule has 3 heteroatoms. The topological polar surface area (TPSA) is 23.6 Å². The highest BCUT2D eigenvalue weighted by Crippen LogP contribution is 2.02. The highest BCUT2D eigenvalue weighted by atomic mass is 16.2. The summed E-state index contributed by atoms with van der Waals surface area (Å²) >= 11 is 0. The molecule has 0 aliphatic heterocycles. The number of carbonyl (C=O) groups is 1. The molecule has 0 radical (unpaired) electrons. The van der Waals surface area contributed by atoms with Gasteiger partial charge in [0.15, 0.2) is 0 Å². The van der Waals surface area contributed by atoms with E-state index in [1.54, 1.807) is 0 Å². The van der Waals surface area contributed by atoms with Crippen LogP contribution in [0, 0.1) is 0 Å². The van der Waals surface area contributed by atoms with Crippen molar-refractivity contribution in [2.45, 2.75) is 46.5 Å². The molecule has 0 rings (SSSR count). The molecule has 15 heavy (non-hydrogen) atoms. The van der Waals surface area contributed by atoms with Crippen LogP contribution in [0.15, 0.2) is 0 Å². The number of carbonyl (C=O) groups excluding carboxylic acids is 1. The molecule has 90 valence electrons. The molecule has 0 aliphatic rings. The van der Waals surface area contributed by atoms with E-state index in [1.807, 2.05) is 16.8 Å². The van der Waals surface area contributed by atoms with Gasteiger partial charge in [0.1, 0.15) is 0 Å². The third-order valence-corrected chi connectivity index (χ3v) is 2.43. The molecule has 0 spiro atoms. The van der Waals surface area contributed by atoms with E-state index in [0.29, 0.717) is 0 Å². The Hall–Kier alpha value is -0.730. The Morgan fingerprint density at radius 3 is 1.87 bits per heavy atom. The summed E-state index contributed by atoms with van der Waals surface area (Å²) in [6.45, 7) is 9.00. The number of hydrogen-bond donors (Lipinski definition) is 0. The summed E-state index contributed by atoms with van der Waals surface area (Å²) in [7, 11) is 1.90. The zero-order valence-corrected chi connectivity index (χ0v) is 10.8. The molecule has 0 fully saturated rings. The minimum absolute atomic E-state index is 0.187. The van der Waals surface area contributed by atoms with Gasteiger partial charge in [0.2, 0.25) is 0 Å². The van der Waals surface area contributed by atoms with Crippen molar-refractivity contribution in [1.82, 2.24) is 9.80 Å². The second kappa shape index (κ2) is 8.57. The van der Waals surface area contributed by atoms with E-state index in [9.17, 15) is 4.79 Å². The Morgan fingerprint density at radius 1 is 0.933 bits per heavy atom. The lowest BCUT2D eigenvalue weighted by Crippen LogP contribution is -2.42. The zero-order valence-electron chi connectivity index (χ0n) is 10.8. The molecule has 2 amide bonds. The number of nitrogens with zero attached hydrogens (tertiary/aromatic N) is 2. The molecule has 0 saturated carbocycles. The fraction of sp³-hybridized carbons (Fsp3) is 0.917. The van der Waals surface area contributed by atoms with Crippen molar-refractivity contribution in [2.24, 2.45) is 0 Å². The van der Waals surface area contributed by atoms with Gasteiger partial charge in [-0.3, -0.25) is 0 Å². The third kappa shape index (κ3) is 5.65. The van der Waals surface area contributed by atoms with Gasteiger partial charge in [0.05, 0.1) is 0 Å². The molecule has 0 atom stereocenters. The molecular weight excluding hydrogens is 188 g/mol. The first kappa shape index (κ1) is 14.3. The highest BCUT2D eigenvalue weighted by molar-refractivity contribution is 5.74. The first-order valence-electron chi connectivity index (χ1n) is 6.17. The molecule has 0 aromatic heterocycles. The van der Waals surface area contributed by atoms with E-state index < -0.39 is 0 Å². The molecule has 0 aromatic carbocycles. The van der Waals surface area contributed by atoms with Gasteiger partial charge < -0.3 is 9.80 Å². The van der Waals surface area contributed by atoms with Gasteiger partial charge in [-0.1, -0.05) is 27.2 Å². The van der Waals surface area contributed by atoms with Crippen LogP contribution < -0.4 is 0 Å². The zero-order chi connectivity index (χ0) is 11.7. The molecule has 0 aliphatic carbocycles. The number of urea groups is 1. The standard InChI is InChI=1S/C12H26N2O/c1-5-8-11-13(4)12(15)14(9-6-2)10-7-3/h5-11H2,1-4H3. The first-order valence-corrected chi connectivity index (χ1v) is 6.17. The predicted molar refractivity (Wildman–Crippen MR) is 65.1 cm³/mol. The molecule has 0 aromatic rings. The van der Waals surface area contributed by atoms with Crippen LogP contribution in [0.3, 0.4) is 0 Å². The maximum atomic E-state index is 12.0. The van der Waals surface area contributed by atoms with E-state index >= 15 is 0 Å². The molecule has 0 unspecified atom stereocenters. The van der Waals surface area contributed by atoms with Crippen molar-refractivity contribution < 1.29 is 4.79 Å². The van der Waals surface area contributed by atoms with Gasteiger partial charge in [-0.05, 0) is 19.3 Å². The molecule has 0 bridgehead atoms. The largest absolute Gasteiger partial charge is 0.328 e. The van der Waals surface area contributed by atoms with Crippen molar-refractivity contribution in [3.8, 4) is 0 Å². The summed E-state index contributed by atoms with van der Waals surface area (Å²) in [6, 6.07) is 0.187. The van der Waals surface area contributed by atoms with E-state index in [2.05, 4.69) is 20.8 Å². The van der Waals surface area contributed by atoms with Crippen LogP contribution in [0.5, 0.6) is 0 Å². The van der Waals surface area contributed by atoms with Gasteiger partial charge in [-0.25, -0.2) is 4.79 Å². The molecule has 0 saturated heterocycles. The first-order chi connectivity index (χ1) is 7.17. The van der Waals surface area contributed by atoms with Crippen molar-refractivity contribution in [1.29, 1.82) is 0 Å². The summed E-state index contributed by atoms with van der Waals surface area (Å²) < 4.78 is 0. The van der Waals surface area contributed by atoms with E-state index in [0.717, 1.165) is 45.3 Å². The normalized spacial score (nSPS) is 10.1. The van der Waals surface area contributed by atoms with Crippen LogP contribution in [0.2, 0.25) is 0 Å². The maximum Gasteiger partial charge on any atom is 0.319 e. The highest BCUT2D eigenvalue weighted by Gasteiger charge is 2.15. The average Bonchev–Trinajstić information content (AvgIpc) is 2.24. The number of unbranched alkanes of at least 4 members (excludes halogenated alkanes) is 1. The Labute approximate surface area is 94.4 Å². The van der Waals surface area contributed by atoms with Crippen LogP contribution in [-0.4, -0.2) is 42.5 Å². The van der Waals surface area contributed by atoms with E-state index in [4.69, 9.17) is 0 Å². The Balaban J connectivity index is 4.08. The summed E-state index contributed by atoms with van der Waals surface area (Å²) in [4.78, 5) is 15.8. The van der Waals surface area contributed by atoms with Gasteiger partial charge >= 0.3 is 6.03 Å². The van der Waals surface area contributed by atoms with E-state index in [1.165, 1.54) is 0 Å². The fourth-order valence-electron chi connectivity index (χ4n) is 1.58.